The predicted octanol–water partition coefficient (Wildman–Crippen LogP) is 2.53. The van der Waals surface area contributed by atoms with Crippen molar-refractivity contribution in [1.82, 2.24) is 9.62 Å². The van der Waals surface area contributed by atoms with Crippen molar-refractivity contribution in [2.24, 2.45) is 0 Å². The van der Waals surface area contributed by atoms with Gasteiger partial charge in [-0.05, 0) is 37.3 Å². The third-order valence-corrected chi connectivity index (χ3v) is 6.87. The molecule has 0 aromatic heterocycles. The third kappa shape index (κ3) is 5.25. The summed E-state index contributed by atoms with van der Waals surface area (Å²) < 4.78 is 26.7. The van der Waals surface area contributed by atoms with Gasteiger partial charge in [0.1, 0.15) is 0 Å². The molecule has 6 nitrogen and oxygen atoms in total. The van der Waals surface area contributed by atoms with Gasteiger partial charge in [0.2, 0.25) is 10.0 Å². The molecule has 0 unspecified atom stereocenters. The summed E-state index contributed by atoms with van der Waals surface area (Å²) in [7, 11) is -3.42. The summed E-state index contributed by atoms with van der Waals surface area (Å²) in [5.74, 6) is -0.372. The normalized spacial score (nSPS) is 15.4. The molecule has 1 amide bonds. The van der Waals surface area contributed by atoms with Crippen molar-refractivity contribution in [3.63, 3.8) is 0 Å². The van der Waals surface area contributed by atoms with E-state index >= 15 is 0 Å². The minimum Gasteiger partial charge on any atom is -0.369 e. The van der Waals surface area contributed by atoms with Crippen LogP contribution in [0.5, 0.6) is 0 Å². The minimum absolute atomic E-state index is 0.0869. The largest absolute Gasteiger partial charge is 0.369 e. The first-order valence-electron chi connectivity index (χ1n) is 9.18. The zero-order valence-electron chi connectivity index (χ0n) is 15.8. The van der Waals surface area contributed by atoms with Crippen LogP contribution in [0.4, 0.5) is 5.69 Å². The first-order chi connectivity index (χ1) is 13.3. The smallest absolute Gasteiger partial charge is 0.251 e. The van der Waals surface area contributed by atoms with E-state index in [1.807, 2.05) is 43.3 Å². The van der Waals surface area contributed by atoms with Gasteiger partial charge in [0.25, 0.3) is 5.91 Å². The fourth-order valence-corrected chi connectivity index (χ4v) is 4.65. The number of aryl methyl sites for hydroxylation is 1. The summed E-state index contributed by atoms with van der Waals surface area (Å²) in [5, 5.41) is 3.35. The molecule has 0 saturated carbocycles. The van der Waals surface area contributed by atoms with Crippen molar-refractivity contribution in [2.75, 3.05) is 43.4 Å². The molecular formula is C20H24ClN3O3S. The van der Waals surface area contributed by atoms with Crippen LogP contribution in [0, 0.1) is 6.92 Å². The molecule has 1 fully saturated rings. The number of carbonyl (C=O) groups excluding carboxylic acids is 1. The molecule has 0 radical (unpaired) electrons. The van der Waals surface area contributed by atoms with E-state index < -0.39 is 10.0 Å². The van der Waals surface area contributed by atoms with Gasteiger partial charge in [-0.1, -0.05) is 35.4 Å². The van der Waals surface area contributed by atoms with E-state index in [2.05, 4.69) is 10.2 Å². The highest BCUT2D eigenvalue weighted by atomic mass is 35.5. The first kappa shape index (κ1) is 20.6. The Morgan fingerprint density at radius 1 is 1.07 bits per heavy atom. The SMILES string of the molecule is Cc1ccc(C(=O)NCCS(=O)(=O)N2CCN(c3cccc(Cl)c3)CC2)cc1. The molecule has 2 aromatic carbocycles. The van der Waals surface area contributed by atoms with Gasteiger partial charge in [-0.3, -0.25) is 4.79 Å². The van der Waals surface area contributed by atoms with Crippen LogP contribution in [0.1, 0.15) is 15.9 Å². The number of rotatable bonds is 6. The van der Waals surface area contributed by atoms with E-state index in [-0.39, 0.29) is 18.2 Å². The number of nitrogens with one attached hydrogen (secondary N) is 1. The van der Waals surface area contributed by atoms with Crippen molar-refractivity contribution >= 4 is 33.2 Å². The molecule has 1 N–H and O–H groups in total. The quantitative estimate of drug-likeness (QED) is 0.778. The maximum Gasteiger partial charge on any atom is 0.251 e. The third-order valence-electron chi connectivity index (χ3n) is 4.76. The van der Waals surface area contributed by atoms with Gasteiger partial charge in [0.15, 0.2) is 0 Å². The Balaban J connectivity index is 1.49. The predicted molar refractivity (Wildman–Crippen MR) is 113 cm³/mol. The number of piperazine rings is 1. The second kappa shape index (κ2) is 8.94. The summed E-state index contributed by atoms with van der Waals surface area (Å²) in [4.78, 5) is 14.2. The highest BCUT2D eigenvalue weighted by Crippen LogP contribution is 2.21. The molecular weight excluding hydrogens is 398 g/mol. The Kier molecular flexibility index (Phi) is 6.59. The molecule has 150 valence electrons. The van der Waals surface area contributed by atoms with E-state index in [9.17, 15) is 13.2 Å². The molecule has 0 atom stereocenters. The van der Waals surface area contributed by atoms with Crippen molar-refractivity contribution in [1.29, 1.82) is 0 Å². The van der Waals surface area contributed by atoms with Gasteiger partial charge in [-0.15, -0.1) is 0 Å². The van der Waals surface area contributed by atoms with E-state index in [1.165, 1.54) is 4.31 Å². The number of hydrogen-bond donors (Lipinski definition) is 1. The average molecular weight is 422 g/mol. The number of amides is 1. The van der Waals surface area contributed by atoms with E-state index in [0.29, 0.717) is 36.8 Å². The van der Waals surface area contributed by atoms with Gasteiger partial charge in [-0.2, -0.15) is 4.31 Å². The average Bonchev–Trinajstić information content (AvgIpc) is 2.68. The van der Waals surface area contributed by atoms with Gasteiger partial charge in [0, 0.05) is 49.0 Å². The number of sulfonamides is 1. The minimum atomic E-state index is -3.42. The van der Waals surface area contributed by atoms with E-state index in [1.54, 1.807) is 12.1 Å². The number of benzene rings is 2. The summed E-state index contributed by atoms with van der Waals surface area (Å²) in [6, 6.07) is 14.7. The molecule has 1 aliphatic heterocycles. The highest BCUT2D eigenvalue weighted by molar-refractivity contribution is 7.89. The van der Waals surface area contributed by atoms with Crippen LogP contribution in [-0.4, -0.2) is 57.1 Å². The van der Waals surface area contributed by atoms with Crippen molar-refractivity contribution < 1.29 is 13.2 Å². The standard InChI is InChI=1S/C20H24ClN3O3S/c1-16-5-7-17(8-6-16)20(25)22-9-14-28(26,27)24-12-10-23(11-13-24)19-4-2-3-18(21)15-19/h2-8,15H,9-14H2,1H3,(H,22,25). The molecule has 3 rings (SSSR count). The summed E-state index contributed by atoms with van der Waals surface area (Å²) >= 11 is 6.03. The summed E-state index contributed by atoms with van der Waals surface area (Å²) in [6.45, 7) is 4.08. The molecule has 28 heavy (non-hydrogen) atoms. The summed E-state index contributed by atoms with van der Waals surface area (Å²) in [6.07, 6.45) is 0. The van der Waals surface area contributed by atoms with Crippen LogP contribution < -0.4 is 10.2 Å². The zero-order chi connectivity index (χ0) is 20.1. The summed E-state index contributed by atoms with van der Waals surface area (Å²) in [5.41, 5.74) is 2.59. The lowest BCUT2D eigenvalue weighted by Gasteiger charge is -2.35. The van der Waals surface area contributed by atoms with Gasteiger partial charge >= 0.3 is 0 Å². The van der Waals surface area contributed by atoms with E-state index in [0.717, 1.165) is 11.3 Å². The molecule has 0 aliphatic carbocycles. The van der Waals surface area contributed by atoms with Crippen LogP contribution in [0.3, 0.4) is 0 Å². The Hall–Kier alpha value is -2.09. The molecule has 1 aliphatic rings. The van der Waals surface area contributed by atoms with Crippen molar-refractivity contribution in [2.45, 2.75) is 6.92 Å². The Bertz CT molecular complexity index is 924. The molecule has 0 spiro atoms. The van der Waals surface area contributed by atoms with E-state index in [4.69, 9.17) is 11.6 Å². The molecule has 8 heteroatoms. The number of carbonyl (C=O) groups is 1. The number of hydrogen-bond acceptors (Lipinski definition) is 4. The first-order valence-corrected chi connectivity index (χ1v) is 11.2. The zero-order valence-corrected chi connectivity index (χ0v) is 17.3. The van der Waals surface area contributed by atoms with Crippen molar-refractivity contribution in [3.05, 3.63) is 64.7 Å². The van der Waals surface area contributed by atoms with Gasteiger partial charge < -0.3 is 10.2 Å². The Morgan fingerprint density at radius 2 is 1.75 bits per heavy atom. The fraction of sp³-hybridized carbons (Fsp3) is 0.350. The number of halogens is 1. The Morgan fingerprint density at radius 3 is 2.39 bits per heavy atom. The number of anilines is 1. The number of nitrogens with zero attached hydrogens (tertiary/aromatic N) is 2. The van der Waals surface area contributed by atoms with Crippen LogP contribution in [0.2, 0.25) is 5.02 Å². The lowest BCUT2D eigenvalue weighted by molar-refractivity contribution is 0.0956. The highest BCUT2D eigenvalue weighted by Gasteiger charge is 2.27. The molecule has 1 heterocycles. The van der Waals surface area contributed by atoms with Gasteiger partial charge in [-0.25, -0.2) is 8.42 Å². The van der Waals surface area contributed by atoms with Gasteiger partial charge in [0.05, 0.1) is 5.75 Å². The Labute approximate surface area is 171 Å². The molecule has 2 aromatic rings. The van der Waals surface area contributed by atoms with Crippen LogP contribution in [0.15, 0.2) is 48.5 Å². The second-order valence-electron chi connectivity index (χ2n) is 6.80. The van der Waals surface area contributed by atoms with Crippen LogP contribution in [0.25, 0.3) is 0 Å². The lowest BCUT2D eigenvalue weighted by atomic mass is 10.1. The molecule has 1 saturated heterocycles. The topological polar surface area (TPSA) is 69.7 Å². The molecule has 0 bridgehead atoms. The fourth-order valence-electron chi connectivity index (χ4n) is 3.13. The van der Waals surface area contributed by atoms with Crippen LogP contribution in [-0.2, 0) is 10.0 Å². The van der Waals surface area contributed by atoms with Crippen LogP contribution >= 0.6 is 11.6 Å². The maximum absolute atomic E-state index is 12.6. The second-order valence-corrected chi connectivity index (χ2v) is 9.33. The monoisotopic (exact) mass is 421 g/mol. The maximum atomic E-state index is 12.6. The lowest BCUT2D eigenvalue weighted by Crippen LogP contribution is -2.50. The van der Waals surface area contributed by atoms with Crippen molar-refractivity contribution in [3.8, 4) is 0 Å².